The molecule has 0 bridgehead atoms. The first-order chi connectivity index (χ1) is 10.5. The van der Waals surface area contributed by atoms with Gasteiger partial charge in [0.05, 0.1) is 5.92 Å². The second kappa shape index (κ2) is 5.94. The number of aromatic nitrogens is 1. The van der Waals surface area contributed by atoms with Crippen molar-refractivity contribution in [2.45, 2.75) is 26.4 Å². The maximum atomic E-state index is 12.5. The van der Waals surface area contributed by atoms with E-state index in [1.807, 2.05) is 30.9 Å². The number of carbonyl (C=O) groups is 2. The third-order valence-corrected chi connectivity index (χ3v) is 4.32. The van der Waals surface area contributed by atoms with Crippen molar-refractivity contribution in [2.75, 3.05) is 19.6 Å². The largest absolute Gasteiger partial charge is 0.338 e. The summed E-state index contributed by atoms with van der Waals surface area (Å²) in [5.74, 6) is 0.366. The monoisotopic (exact) mass is 302 g/mol. The average molecular weight is 302 g/mol. The van der Waals surface area contributed by atoms with Crippen LogP contribution >= 0.6 is 0 Å². The molecule has 0 spiro atoms. The third-order valence-electron chi connectivity index (χ3n) is 4.32. The fourth-order valence-electron chi connectivity index (χ4n) is 3.30. The normalized spacial score (nSPS) is 24.0. The number of hydrogen-bond donors (Lipinski definition) is 1. The molecule has 22 heavy (non-hydrogen) atoms. The van der Waals surface area contributed by atoms with Gasteiger partial charge in [-0.25, -0.2) is 4.79 Å². The van der Waals surface area contributed by atoms with E-state index in [1.165, 1.54) is 0 Å². The molecule has 2 saturated heterocycles. The van der Waals surface area contributed by atoms with Crippen LogP contribution in [0.25, 0.3) is 0 Å². The Labute approximate surface area is 130 Å². The van der Waals surface area contributed by atoms with Crippen LogP contribution in [0.3, 0.4) is 0 Å². The van der Waals surface area contributed by atoms with Crippen LogP contribution in [0.1, 0.15) is 19.4 Å². The Balaban J connectivity index is 1.59. The van der Waals surface area contributed by atoms with Crippen LogP contribution in [-0.4, -0.2) is 52.4 Å². The molecule has 2 fully saturated rings. The molecular weight excluding hydrogens is 280 g/mol. The highest BCUT2D eigenvalue weighted by atomic mass is 16.2. The maximum absolute atomic E-state index is 12.5. The van der Waals surface area contributed by atoms with Gasteiger partial charge in [0.2, 0.25) is 5.91 Å². The first-order valence-corrected chi connectivity index (χ1v) is 7.77. The molecule has 3 amide bonds. The van der Waals surface area contributed by atoms with E-state index in [1.54, 1.807) is 17.3 Å². The molecule has 118 valence electrons. The molecule has 0 aliphatic carbocycles. The number of nitrogens with zero attached hydrogens (tertiary/aromatic N) is 3. The quantitative estimate of drug-likeness (QED) is 0.909. The molecule has 6 nitrogen and oxygen atoms in total. The third kappa shape index (κ3) is 2.91. The zero-order valence-corrected chi connectivity index (χ0v) is 13.0. The molecule has 1 N–H and O–H groups in total. The van der Waals surface area contributed by atoms with E-state index >= 15 is 0 Å². The van der Waals surface area contributed by atoms with Crippen LogP contribution in [0.2, 0.25) is 0 Å². The Hall–Kier alpha value is -2.11. The van der Waals surface area contributed by atoms with Crippen LogP contribution in [0, 0.1) is 11.8 Å². The fraction of sp³-hybridized carbons (Fsp3) is 0.562. The summed E-state index contributed by atoms with van der Waals surface area (Å²) in [6.07, 6.45) is 3.53. The van der Waals surface area contributed by atoms with Gasteiger partial charge >= 0.3 is 6.03 Å². The fourth-order valence-corrected chi connectivity index (χ4v) is 3.30. The number of hydrogen-bond acceptors (Lipinski definition) is 3. The molecule has 2 aliphatic rings. The van der Waals surface area contributed by atoms with Gasteiger partial charge in [0.15, 0.2) is 0 Å². The smallest absolute Gasteiger partial charge is 0.317 e. The van der Waals surface area contributed by atoms with E-state index in [0.29, 0.717) is 19.6 Å². The van der Waals surface area contributed by atoms with Crippen molar-refractivity contribution < 1.29 is 9.59 Å². The highest BCUT2D eigenvalue weighted by molar-refractivity contribution is 5.84. The molecule has 1 aromatic heterocycles. The molecule has 2 atom stereocenters. The summed E-state index contributed by atoms with van der Waals surface area (Å²) in [7, 11) is 0. The summed E-state index contributed by atoms with van der Waals surface area (Å²) in [5.41, 5.74) is 1.05. The number of urea groups is 1. The van der Waals surface area contributed by atoms with Crippen LogP contribution in [0.5, 0.6) is 0 Å². The molecule has 0 saturated carbocycles. The van der Waals surface area contributed by atoms with Gasteiger partial charge in [-0.2, -0.15) is 0 Å². The van der Waals surface area contributed by atoms with Crippen LogP contribution in [-0.2, 0) is 11.3 Å². The molecule has 0 aromatic carbocycles. The van der Waals surface area contributed by atoms with Crippen molar-refractivity contribution in [1.29, 1.82) is 0 Å². The Morgan fingerprint density at radius 1 is 1.41 bits per heavy atom. The SMILES string of the molecule is CC(C)NC(=O)N1C[C@H]2CN(Cc3cccnc3)C(=O)[C@H]2C1. The number of nitrogens with one attached hydrogen (secondary N) is 1. The van der Waals surface area contributed by atoms with Gasteiger partial charge in [0, 0.05) is 50.5 Å². The second-order valence-corrected chi connectivity index (χ2v) is 6.46. The highest BCUT2D eigenvalue weighted by Gasteiger charge is 2.47. The van der Waals surface area contributed by atoms with E-state index in [0.717, 1.165) is 12.1 Å². The summed E-state index contributed by atoms with van der Waals surface area (Å²) in [6.45, 7) is 6.41. The Morgan fingerprint density at radius 3 is 2.86 bits per heavy atom. The summed E-state index contributed by atoms with van der Waals surface area (Å²) in [5, 5.41) is 2.89. The molecule has 0 radical (unpaired) electrons. The van der Waals surface area contributed by atoms with Crippen molar-refractivity contribution in [3.8, 4) is 0 Å². The minimum absolute atomic E-state index is 0.0467. The topological polar surface area (TPSA) is 65.5 Å². The zero-order chi connectivity index (χ0) is 15.7. The van der Waals surface area contributed by atoms with Crippen molar-refractivity contribution in [3.05, 3.63) is 30.1 Å². The summed E-state index contributed by atoms with van der Waals surface area (Å²) >= 11 is 0. The van der Waals surface area contributed by atoms with Crippen molar-refractivity contribution in [2.24, 2.45) is 11.8 Å². The van der Waals surface area contributed by atoms with Gasteiger partial charge in [0.1, 0.15) is 0 Å². The standard InChI is InChI=1S/C16H22N4O2/c1-11(2)18-16(22)20-9-13-8-19(15(21)14(13)10-20)7-12-4-3-5-17-6-12/h3-6,11,13-14H,7-10H2,1-2H3,(H,18,22)/t13-,14+/m1/s1. The summed E-state index contributed by atoms with van der Waals surface area (Å²) in [4.78, 5) is 32.3. The van der Waals surface area contributed by atoms with Crippen LogP contribution in [0.4, 0.5) is 4.79 Å². The zero-order valence-electron chi connectivity index (χ0n) is 13.0. The van der Waals surface area contributed by atoms with Gasteiger partial charge < -0.3 is 15.1 Å². The van der Waals surface area contributed by atoms with E-state index < -0.39 is 0 Å². The summed E-state index contributed by atoms with van der Waals surface area (Å²) in [6, 6.07) is 3.92. The van der Waals surface area contributed by atoms with E-state index in [-0.39, 0.29) is 29.8 Å². The number of amides is 3. The maximum Gasteiger partial charge on any atom is 0.317 e. The van der Waals surface area contributed by atoms with E-state index in [9.17, 15) is 9.59 Å². The Kier molecular flexibility index (Phi) is 4.00. The van der Waals surface area contributed by atoms with Crippen molar-refractivity contribution in [1.82, 2.24) is 20.1 Å². The summed E-state index contributed by atoms with van der Waals surface area (Å²) < 4.78 is 0. The van der Waals surface area contributed by atoms with Gasteiger partial charge in [-0.05, 0) is 25.5 Å². The van der Waals surface area contributed by atoms with Crippen LogP contribution < -0.4 is 5.32 Å². The lowest BCUT2D eigenvalue weighted by atomic mass is 10.0. The van der Waals surface area contributed by atoms with E-state index in [2.05, 4.69) is 10.3 Å². The molecule has 6 heteroatoms. The number of pyridine rings is 1. The number of likely N-dealkylation sites (tertiary alicyclic amines) is 2. The minimum atomic E-state index is -0.0593. The number of rotatable bonds is 3. The van der Waals surface area contributed by atoms with Crippen LogP contribution in [0.15, 0.2) is 24.5 Å². The van der Waals surface area contributed by atoms with Crippen molar-refractivity contribution >= 4 is 11.9 Å². The molecule has 3 heterocycles. The van der Waals surface area contributed by atoms with E-state index in [4.69, 9.17) is 0 Å². The lowest BCUT2D eigenvalue weighted by molar-refractivity contribution is -0.131. The highest BCUT2D eigenvalue weighted by Crippen LogP contribution is 2.33. The predicted octanol–water partition coefficient (Wildman–Crippen LogP) is 1.09. The van der Waals surface area contributed by atoms with Crippen molar-refractivity contribution in [3.63, 3.8) is 0 Å². The Morgan fingerprint density at radius 2 is 2.23 bits per heavy atom. The number of carbonyl (C=O) groups excluding carboxylic acids is 2. The lowest BCUT2D eigenvalue weighted by Gasteiger charge is -2.23. The molecular formula is C16H22N4O2. The van der Waals surface area contributed by atoms with Gasteiger partial charge in [-0.15, -0.1) is 0 Å². The Bertz CT molecular complexity index is 561. The number of fused-ring (bicyclic) bond motifs is 1. The lowest BCUT2D eigenvalue weighted by Crippen LogP contribution is -2.43. The van der Waals surface area contributed by atoms with Gasteiger partial charge in [0.25, 0.3) is 0 Å². The first kappa shape index (κ1) is 14.8. The second-order valence-electron chi connectivity index (χ2n) is 6.46. The minimum Gasteiger partial charge on any atom is -0.338 e. The first-order valence-electron chi connectivity index (χ1n) is 7.77. The predicted molar refractivity (Wildman–Crippen MR) is 81.9 cm³/mol. The van der Waals surface area contributed by atoms with Gasteiger partial charge in [-0.3, -0.25) is 9.78 Å². The molecule has 1 aromatic rings. The average Bonchev–Trinajstić information content (AvgIpc) is 3.01. The van der Waals surface area contributed by atoms with Gasteiger partial charge in [-0.1, -0.05) is 6.07 Å². The molecule has 0 unspecified atom stereocenters. The molecule has 3 rings (SSSR count). The molecule has 2 aliphatic heterocycles.